The van der Waals surface area contributed by atoms with Crippen LogP contribution in [0.15, 0.2) is 30.5 Å². The fourth-order valence-electron chi connectivity index (χ4n) is 6.77. The van der Waals surface area contributed by atoms with Gasteiger partial charge in [0.2, 0.25) is 5.91 Å². The van der Waals surface area contributed by atoms with E-state index >= 15 is 0 Å². The van der Waals surface area contributed by atoms with E-state index in [0.717, 1.165) is 73.3 Å². The monoisotopic (exact) mass is 518 g/mol. The zero-order valence-corrected chi connectivity index (χ0v) is 22.2. The number of benzene rings is 1. The van der Waals surface area contributed by atoms with E-state index in [4.69, 9.17) is 16.7 Å². The average molecular weight is 519 g/mol. The van der Waals surface area contributed by atoms with Gasteiger partial charge >= 0.3 is 0 Å². The van der Waals surface area contributed by atoms with Gasteiger partial charge in [-0.2, -0.15) is 0 Å². The summed E-state index contributed by atoms with van der Waals surface area (Å²) in [6, 6.07) is 8.06. The molecular formula is C27H31ClN8O. The van der Waals surface area contributed by atoms with E-state index in [1.807, 2.05) is 45.4 Å². The lowest BCUT2D eigenvalue weighted by atomic mass is 9.57. The fourth-order valence-corrected chi connectivity index (χ4v) is 6.96. The lowest BCUT2D eigenvalue weighted by Crippen LogP contribution is -2.62. The molecule has 2 saturated carbocycles. The number of aromatic nitrogens is 5. The van der Waals surface area contributed by atoms with Gasteiger partial charge in [-0.25, -0.2) is 9.97 Å². The van der Waals surface area contributed by atoms with Crippen LogP contribution in [0.1, 0.15) is 54.6 Å². The Morgan fingerprint density at radius 1 is 1.11 bits per heavy atom. The van der Waals surface area contributed by atoms with E-state index in [1.165, 1.54) is 0 Å². The summed E-state index contributed by atoms with van der Waals surface area (Å²) in [6.45, 7) is 5.24. The molecule has 192 valence electrons. The molecule has 3 aromatic rings. The number of carbonyl (C=O) groups excluding carboxylic acids is 1. The highest BCUT2D eigenvalue weighted by Gasteiger charge is 2.57. The normalized spacial score (nSPS) is 21.5. The number of hydrogen-bond donors (Lipinski definition) is 0. The zero-order chi connectivity index (χ0) is 25.5. The first-order chi connectivity index (χ1) is 17.8. The molecule has 1 saturated heterocycles. The van der Waals surface area contributed by atoms with E-state index in [1.54, 1.807) is 4.90 Å². The van der Waals surface area contributed by atoms with Crippen LogP contribution in [-0.2, 0) is 17.9 Å². The van der Waals surface area contributed by atoms with Crippen molar-refractivity contribution in [2.45, 2.75) is 57.2 Å². The third kappa shape index (κ3) is 3.58. The molecule has 2 aliphatic heterocycles. The lowest BCUT2D eigenvalue weighted by Gasteiger charge is -2.59. The van der Waals surface area contributed by atoms with E-state index in [-0.39, 0.29) is 5.91 Å². The van der Waals surface area contributed by atoms with Gasteiger partial charge in [-0.15, -0.1) is 10.2 Å². The quantitative estimate of drug-likeness (QED) is 0.523. The second-order valence-electron chi connectivity index (χ2n) is 11.6. The largest absolute Gasteiger partial charge is 0.355 e. The van der Waals surface area contributed by atoms with Gasteiger partial charge in [0.1, 0.15) is 23.0 Å². The summed E-state index contributed by atoms with van der Waals surface area (Å²) in [5.41, 5.74) is 2.07. The molecule has 1 amide bonds. The molecule has 37 heavy (non-hydrogen) atoms. The molecular weight excluding hydrogens is 488 g/mol. The van der Waals surface area contributed by atoms with Crippen molar-refractivity contribution in [3.8, 4) is 5.69 Å². The molecule has 1 spiro atoms. The highest BCUT2D eigenvalue weighted by Crippen LogP contribution is 2.57. The van der Waals surface area contributed by atoms with Crippen LogP contribution in [0, 0.1) is 12.3 Å². The number of carbonyl (C=O) groups is 1. The van der Waals surface area contributed by atoms with Crippen molar-refractivity contribution in [2.75, 3.05) is 32.1 Å². The van der Waals surface area contributed by atoms with Crippen molar-refractivity contribution in [1.29, 1.82) is 0 Å². The summed E-state index contributed by atoms with van der Waals surface area (Å²) in [5.74, 6) is 4.30. The molecule has 4 aliphatic rings. The standard InChI is InChI=1S/C27H31ClN8O/c1-17-29-9-6-22(30-17)34-15-26(16-34)11-19(12-26)24-32-31-23-14-35(27(7-8-27)25(37)33(2)3)13-18-10-20(28)4-5-21(18)36(23)24/h4-6,9-10,19H,7-8,11-16H2,1-3H3. The zero-order valence-electron chi connectivity index (χ0n) is 21.5. The number of nitrogens with zero attached hydrogens (tertiary/aromatic N) is 8. The third-order valence-electron chi connectivity index (χ3n) is 8.73. The maximum atomic E-state index is 13.2. The number of likely N-dealkylation sites (N-methyl/N-ethyl adjacent to an activating group) is 1. The van der Waals surface area contributed by atoms with Gasteiger partial charge in [0, 0.05) is 56.3 Å². The van der Waals surface area contributed by atoms with Crippen LogP contribution in [0.3, 0.4) is 0 Å². The van der Waals surface area contributed by atoms with Gasteiger partial charge < -0.3 is 9.80 Å². The number of rotatable bonds is 4. The molecule has 0 unspecified atom stereocenters. The van der Waals surface area contributed by atoms with Crippen LogP contribution in [0.5, 0.6) is 0 Å². The first-order valence-corrected chi connectivity index (χ1v) is 13.4. The maximum absolute atomic E-state index is 13.2. The second kappa shape index (κ2) is 7.98. The number of hydrogen-bond acceptors (Lipinski definition) is 7. The number of amides is 1. The molecule has 0 N–H and O–H groups in total. The van der Waals surface area contributed by atoms with Gasteiger partial charge in [0.25, 0.3) is 0 Å². The van der Waals surface area contributed by atoms with Gasteiger partial charge in [-0.3, -0.25) is 14.3 Å². The Labute approximate surface area is 221 Å². The average Bonchev–Trinajstić information content (AvgIpc) is 3.55. The highest BCUT2D eigenvalue weighted by molar-refractivity contribution is 6.30. The molecule has 9 nitrogen and oxygen atoms in total. The van der Waals surface area contributed by atoms with E-state index < -0.39 is 5.54 Å². The minimum atomic E-state index is -0.459. The lowest BCUT2D eigenvalue weighted by molar-refractivity contribution is -0.136. The Hall–Kier alpha value is -3.04. The van der Waals surface area contributed by atoms with Crippen LogP contribution >= 0.6 is 11.6 Å². The number of aryl methyl sites for hydroxylation is 1. The first kappa shape index (κ1) is 23.1. The predicted octanol–water partition coefficient (Wildman–Crippen LogP) is 3.34. The summed E-state index contributed by atoms with van der Waals surface area (Å²) in [6.07, 6.45) is 5.77. The van der Waals surface area contributed by atoms with Gasteiger partial charge in [0.05, 0.1) is 12.2 Å². The summed E-state index contributed by atoms with van der Waals surface area (Å²) >= 11 is 6.45. The van der Waals surface area contributed by atoms with Gasteiger partial charge in [-0.05, 0) is 62.4 Å². The fraction of sp³-hybridized carbons (Fsp3) is 0.519. The van der Waals surface area contributed by atoms with Crippen molar-refractivity contribution in [3.63, 3.8) is 0 Å². The van der Waals surface area contributed by atoms with Crippen LogP contribution in [0.25, 0.3) is 5.69 Å². The Morgan fingerprint density at radius 2 is 1.89 bits per heavy atom. The topological polar surface area (TPSA) is 83.3 Å². The molecule has 2 aliphatic carbocycles. The Balaban J connectivity index is 1.16. The predicted molar refractivity (Wildman–Crippen MR) is 140 cm³/mol. The molecule has 7 rings (SSSR count). The van der Waals surface area contributed by atoms with Crippen molar-refractivity contribution < 1.29 is 4.79 Å². The third-order valence-corrected chi connectivity index (χ3v) is 8.96. The van der Waals surface area contributed by atoms with Crippen molar-refractivity contribution in [2.24, 2.45) is 5.41 Å². The smallest absolute Gasteiger partial charge is 0.242 e. The number of halogens is 1. The molecule has 2 aromatic heterocycles. The minimum Gasteiger partial charge on any atom is -0.355 e. The highest BCUT2D eigenvalue weighted by atomic mass is 35.5. The van der Waals surface area contributed by atoms with E-state index in [2.05, 4.69) is 35.5 Å². The summed E-state index contributed by atoms with van der Waals surface area (Å²) in [7, 11) is 3.68. The van der Waals surface area contributed by atoms with Gasteiger partial charge in [0.15, 0.2) is 5.82 Å². The van der Waals surface area contributed by atoms with Crippen molar-refractivity contribution in [1.82, 2.24) is 34.5 Å². The summed E-state index contributed by atoms with van der Waals surface area (Å²) < 4.78 is 2.25. The molecule has 0 bridgehead atoms. The van der Waals surface area contributed by atoms with Crippen LogP contribution in [0.2, 0.25) is 5.02 Å². The molecule has 0 atom stereocenters. The number of fused-ring (bicyclic) bond motifs is 3. The Bertz CT molecular complexity index is 1400. The first-order valence-electron chi connectivity index (χ1n) is 13.0. The molecule has 0 radical (unpaired) electrons. The van der Waals surface area contributed by atoms with E-state index in [9.17, 15) is 4.79 Å². The summed E-state index contributed by atoms with van der Waals surface area (Å²) in [4.78, 5) is 28.3. The summed E-state index contributed by atoms with van der Waals surface area (Å²) in [5, 5.41) is 10.1. The maximum Gasteiger partial charge on any atom is 0.242 e. The molecule has 3 fully saturated rings. The van der Waals surface area contributed by atoms with Crippen molar-refractivity contribution >= 4 is 23.3 Å². The second-order valence-corrected chi connectivity index (χ2v) is 12.0. The minimum absolute atomic E-state index is 0.165. The molecule has 4 heterocycles. The van der Waals surface area contributed by atoms with Crippen LogP contribution in [-0.4, -0.2) is 73.2 Å². The Kier molecular flexibility index (Phi) is 4.98. The Morgan fingerprint density at radius 3 is 2.59 bits per heavy atom. The number of anilines is 1. The molecule has 10 heteroatoms. The molecule has 1 aromatic carbocycles. The van der Waals surface area contributed by atoms with Crippen LogP contribution < -0.4 is 4.90 Å². The SMILES string of the molecule is Cc1nccc(N2CC3(CC(c4nnc5n4-c4ccc(Cl)cc4CN(C4(C(=O)N(C)C)CC4)C5)C3)C2)n1. The van der Waals surface area contributed by atoms with Gasteiger partial charge in [-0.1, -0.05) is 11.6 Å². The van der Waals surface area contributed by atoms with Crippen LogP contribution in [0.4, 0.5) is 5.82 Å². The van der Waals surface area contributed by atoms with Crippen molar-refractivity contribution in [3.05, 3.63) is 58.5 Å². The van der Waals surface area contributed by atoms with E-state index in [0.29, 0.717) is 29.4 Å².